The van der Waals surface area contributed by atoms with Crippen molar-refractivity contribution in [3.8, 4) is 5.69 Å². The van der Waals surface area contributed by atoms with Crippen LogP contribution in [0.5, 0.6) is 0 Å². The highest BCUT2D eigenvalue weighted by Crippen LogP contribution is 2.28. The van der Waals surface area contributed by atoms with Gasteiger partial charge in [0.2, 0.25) is 0 Å². The van der Waals surface area contributed by atoms with E-state index in [4.69, 9.17) is 5.11 Å². The number of carbonyl (C=O) groups is 2. The number of aliphatic carboxylic acids is 1. The lowest BCUT2D eigenvalue weighted by atomic mass is 9.95. The van der Waals surface area contributed by atoms with Gasteiger partial charge in [0.1, 0.15) is 6.04 Å². The number of benzene rings is 1. The Morgan fingerprint density at radius 3 is 2.79 bits per heavy atom. The fraction of sp³-hybridized carbons (Fsp3) is 0.353. The number of fused-ring (bicyclic) bond motifs is 1. The molecule has 6 nitrogen and oxygen atoms in total. The molecule has 1 aliphatic rings. The second-order valence-corrected chi connectivity index (χ2v) is 6.82. The molecule has 0 unspecified atom stereocenters. The molecule has 0 spiro atoms. The number of nitrogens with one attached hydrogen (secondary N) is 1. The molecule has 0 radical (unpaired) electrons. The van der Waals surface area contributed by atoms with Crippen molar-refractivity contribution in [3.05, 3.63) is 45.7 Å². The molecular formula is C17H18BrN3O3. The number of carboxylic acids is 1. The molecule has 2 N–H and O–H groups in total. The van der Waals surface area contributed by atoms with E-state index < -0.39 is 17.9 Å². The molecule has 0 bridgehead atoms. The Balaban J connectivity index is 2.02. The van der Waals surface area contributed by atoms with Gasteiger partial charge < -0.3 is 10.4 Å². The van der Waals surface area contributed by atoms with Crippen molar-refractivity contribution in [2.24, 2.45) is 0 Å². The van der Waals surface area contributed by atoms with Crippen LogP contribution in [0.15, 0.2) is 28.7 Å². The monoisotopic (exact) mass is 391 g/mol. The van der Waals surface area contributed by atoms with E-state index in [0.29, 0.717) is 5.69 Å². The van der Waals surface area contributed by atoms with Crippen molar-refractivity contribution in [1.29, 1.82) is 0 Å². The van der Waals surface area contributed by atoms with E-state index >= 15 is 0 Å². The van der Waals surface area contributed by atoms with E-state index in [-0.39, 0.29) is 0 Å². The first-order valence-corrected chi connectivity index (χ1v) is 8.67. The Labute approximate surface area is 148 Å². The quantitative estimate of drug-likeness (QED) is 0.838. The van der Waals surface area contributed by atoms with Gasteiger partial charge in [-0.05, 0) is 50.8 Å². The normalized spacial score (nSPS) is 14.8. The highest BCUT2D eigenvalue weighted by atomic mass is 79.9. The second kappa shape index (κ2) is 6.76. The third-order valence-electron chi connectivity index (χ3n) is 4.17. The van der Waals surface area contributed by atoms with Crippen LogP contribution in [0, 0.1) is 0 Å². The Kier molecular flexibility index (Phi) is 4.71. The number of hydrogen-bond donors (Lipinski definition) is 2. The molecule has 1 amide bonds. The van der Waals surface area contributed by atoms with Gasteiger partial charge in [-0.2, -0.15) is 5.10 Å². The van der Waals surface area contributed by atoms with Crippen LogP contribution in [0.3, 0.4) is 0 Å². The Hall–Kier alpha value is -2.15. The van der Waals surface area contributed by atoms with Crippen molar-refractivity contribution in [3.63, 3.8) is 0 Å². The molecule has 1 aliphatic carbocycles. The summed E-state index contributed by atoms with van der Waals surface area (Å²) < 4.78 is 2.74. The van der Waals surface area contributed by atoms with Crippen molar-refractivity contribution in [2.75, 3.05) is 0 Å². The zero-order valence-corrected chi connectivity index (χ0v) is 14.8. The smallest absolute Gasteiger partial charge is 0.325 e. The molecule has 1 heterocycles. The van der Waals surface area contributed by atoms with Gasteiger partial charge in [-0.15, -0.1) is 0 Å². The van der Waals surface area contributed by atoms with Gasteiger partial charge in [0, 0.05) is 15.7 Å². The number of carboxylic acid groups (broad SMARTS) is 1. The molecule has 0 saturated heterocycles. The fourth-order valence-corrected chi connectivity index (χ4v) is 3.32. The summed E-state index contributed by atoms with van der Waals surface area (Å²) in [7, 11) is 0. The van der Waals surface area contributed by atoms with Crippen LogP contribution in [-0.2, 0) is 17.6 Å². The SMILES string of the molecule is C[C@H](NC(=O)c1nn(-c2cccc(Br)c2)c2c1CCCC2)C(=O)O. The number of halogens is 1. The number of nitrogens with zero attached hydrogens (tertiary/aromatic N) is 2. The summed E-state index contributed by atoms with van der Waals surface area (Å²) in [6.07, 6.45) is 3.70. The van der Waals surface area contributed by atoms with Crippen LogP contribution >= 0.6 is 15.9 Å². The maximum atomic E-state index is 12.5. The Morgan fingerprint density at radius 1 is 1.33 bits per heavy atom. The van der Waals surface area contributed by atoms with Gasteiger partial charge in [-0.25, -0.2) is 4.68 Å². The van der Waals surface area contributed by atoms with Crippen LogP contribution in [0.2, 0.25) is 0 Å². The first-order chi connectivity index (χ1) is 11.5. The van der Waals surface area contributed by atoms with Crippen molar-refractivity contribution >= 4 is 27.8 Å². The lowest BCUT2D eigenvalue weighted by Gasteiger charge is -2.14. The minimum absolute atomic E-state index is 0.331. The van der Waals surface area contributed by atoms with Crippen LogP contribution in [0.4, 0.5) is 0 Å². The van der Waals surface area contributed by atoms with Crippen LogP contribution in [0.1, 0.15) is 41.5 Å². The number of amides is 1. The van der Waals surface area contributed by atoms with Crippen molar-refractivity contribution < 1.29 is 14.7 Å². The zero-order valence-electron chi connectivity index (χ0n) is 13.3. The summed E-state index contributed by atoms with van der Waals surface area (Å²) in [6.45, 7) is 1.44. The Bertz CT molecular complexity index is 800. The predicted molar refractivity (Wildman–Crippen MR) is 92.5 cm³/mol. The van der Waals surface area contributed by atoms with Gasteiger partial charge in [0.25, 0.3) is 5.91 Å². The first kappa shape index (κ1) is 16.7. The van der Waals surface area contributed by atoms with Gasteiger partial charge >= 0.3 is 5.97 Å². The maximum Gasteiger partial charge on any atom is 0.325 e. The largest absolute Gasteiger partial charge is 0.480 e. The van der Waals surface area contributed by atoms with Crippen molar-refractivity contribution in [1.82, 2.24) is 15.1 Å². The molecule has 0 aliphatic heterocycles. The zero-order chi connectivity index (χ0) is 17.3. The molecule has 1 aromatic carbocycles. The van der Waals surface area contributed by atoms with E-state index in [0.717, 1.165) is 47.1 Å². The van der Waals surface area contributed by atoms with E-state index in [1.54, 1.807) is 4.68 Å². The molecule has 7 heteroatoms. The topological polar surface area (TPSA) is 84.2 Å². The number of hydrogen-bond acceptors (Lipinski definition) is 3. The molecule has 0 fully saturated rings. The number of carbonyl (C=O) groups excluding carboxylic acids is 1. The molecular weight excluding hydrogens is 374 g/mol. The van der Waals surface area contributed by atoms with Gasteiger partial charge in [-0.1, -0.05) is 22.0 Å². The van der Waals surface area contributed by atoms with Gasteiger partial charge in [0.05, 0.1) is 5.69 Å². The third-order valence-corrected chi connectivity index (χ3v) is 4.66. The van der Waals surface area contributed by atoms with Crippen molar-refractivity contribution in [2.45, 2.75) is 38.6 Å². The first-order valence-electron chi connectivity index (χ1n) is 7.87. The maximum absolute atomic E-state index is 12.5. The van der Waals surface area contributed by atoms with Gasteiger partial charge in [0.15, 0.2) is 5.69 Å². The summed E-state index contributed by atoms with van der Waals surface area (Å²) in [5.41, 5.74) is 3.18. The predicted octanol–water partition coefficient (Wildman–Crippen LogP) is 2.72. The van der Waals surface area contributed by atoms with Crippen LogP contribution < -0.4 is 5.32 Å². The molecule has 24 heavy (non-hydrogen) atoms. The highest BCUT2D eigenvalue weighted by molar-refractivity contribution is 9.10. The molecule has 0 saturated carbocycles. The standard InChI is InChI=1S/C17H18BrN3O3/c1-10(17(23)24)19-16(22)15-13-7-2-3-8-14(13)21(20-15)12-6-4-5-11(18)9-12/h4-6,9-10H,2-3,7-8H2,1H3,(H,19,22)(H,23,24)/t10-/m0/s1. The average Bonchev–Trinajstić information content (AvgIpc) is 2.94. The van der Waals surface area contributed by atoms with Gasteiger partial charge in [-0.3, -0.25) is 9.59 Å². The van der Waals surface area contributed by atoms with E-state index in [1.807, 2.05) is 24.3 Å². The molecule has 1 atom stereocenters. The third kappa shape index (κ3) is 3.21. The second-order valence-electron chi connectivity index (χ2n) is 5.91. The summed E-state index contributed by atoms with van der Waals surface area (Å²) in [5, 5.41) is 16.0. The van der Waals surface area contributed by atoms with E-state index in [1.165, 1.54) is 6.92 Å². The summed E-state index contributed by atoms with van der Waals surface area (Å²) in [6, 6.07) is 6.79. The van der Waals surface area contributed by atoms with E-state index in [2.05, 4.69) is 26.3 Å². The van der Waals surface area contributed by atoms with Crippen LogP contribution in [-0.4, -0.2) is 32.8 Å². The fourth-order valence-electron chi connectivity index (χ4n) is 2.93. The summed E-state index contributed by atoms with van der Waals surface area (Å²) >= 11 is 3.45. The minimum atomic E-state index is -1.07. The Morgan fingerprint density at radius 2 is 2.08 bits per heavy atom. The molecule has 1 aromatic heterocycles. The lowest BCUT2D eigenvalue weighted by Crippen LogP contribution is -2.39. The summed E-state index contributed by atoms with van der Waals surface area (Å²) in [4.78, 5) is 23.5. The average molecular weight is 392 g/mol. The highest BCUT2D eigenvalue weighted by Gasteiger charge is 2.27. The molecule has 2 aromatic rings. The summed E-state index contributed by atoms with van der Waals surface area (Å²) in [5.74, 6) is -1.50. The number of rotatable bonds is 4. The van der Waals surface area contributed by atoms with E-state index in [9.17, 15) is 9.59 Å². The molecule has 3 rings (SSSR count). The van der Waals surface area contributed by atoms with Crippen LogP contribution in [0.25, 0.3) is 5.69 Å². The molecule has 126 valence electrons. The number of aromatic nitrogens is 2. The minimum Gasteiger partial charge on any atom is -0.480 e. The lowest BCUT2D eigenvalue weighted by molar-refractivity contribution is -0.138.